The number of aliphatic hydroxyl groups is 4. The average Bonchev–Trinajstić information content (AvgIpc) is 3.05. The molecule has 1 fully saturated rings. The molecule has 1 aliphatic rings. The molecule has 2 aromatic rings. The Morgan fingerprint density at radius 3 is 2.46 bits per heavy atom. The number of benzene rings is 1. The molecule has 6 N–H and O–H groups in total. The van der Waals surface area contributed by atoms with Gasteiger partial charge in [-0.2, -0.15) is 0 Å². The van der Waals surface area contributed by atoms with Crippen LogP contribution in [0.25, 0.3) is 11.1 Å². The molecule has 0 saturated carbocycles. The van der Waals surface area contributed by atoms with Crippen LogP contribution in [0.5, 0.6) is 0 Å². The van der Waals surface area contributed by atoms with Gasteiger partial charge in [0, 0.05) is 6.20 Å². The highest BCUT2D eigenvalue weighted by Gasteiger charge is 2.71. The van der Waals surface area contributed by atoms with Gasteiger partial charge in [-0.1, -0.05) is 62.9 Å². The van der Waals surface area contributed by atoms with Crippen molar-refractivity contribution in [3.05, 3.63) is 57.4 Å². The van der Waals surface area contributed by atoms with E-state index in [9.17, 15) is 35.2 Å². The molecule has 0 aliphatic carbocycles. The minimum absolute atomic E-state index is 0.122. The lowest BCUT2D eigenvalue weighted by molar-refractivity contribution is -0.428. The van der Waals surface area contributed by atoms with Crippen molar-refractivity contribution < 1.29 is 34.8 Å². The predicted octanol–water partition coefficient (Wildman–Crippen LogP) is 0.594. The molecule has 3 rings (SSSR count). The molecule has 5 atom stereocenters. The quantitative estimate of drug-likeness (QED) is 0.113. The maximum absolute atomic E-state index is 15.0. The van der Waals surface area contributed by atoms with E-state index >= 15 is 4.39 Å². The minimum atomic E-state index is -3.33. The number of ether oxygens (including phenoxy) is 1. The predicted molar refractivity (Wildman–Crippen MR) is 122 cm³/mol. The van der Waals surface area contributed by atoms with Gasteiger partial charge < -0.3 is 30.4 Å². The molecule has 0 radical (unpaired) electrons. The van der Waals surface area contributed by atoms with Crippen molar-refractivity contribution in [2.24, 2.45) is 0 Å². The van der Waals surface area contributed by atoms with Crippen LogP contribution in [0, 0.1) is 0 Å². The third kappa shape index (κ3) is 4.96. The Balaban J connectivity index is 2.04. The molecule has 1 aromatic carbocycles. The van der Waals surface area contributed by atoms with E-state index in [2.05, 4.69) is 0 Å². The van der Waals surface area contributed by atoms with Crippen LogP contribution in [-0.4, -0.2) is 71.1 Å². The zero-order valence-corrected chi connectivity index (χ0v) is 19.4. The number of alkyl halides is 1. The van der Waals surface area contributed by atoms with Gasteiger partial charge in [0.15, 0.2) is 6.30 Å². The van der Waals surface area contributed by atoms with Crippen molar-refractivity contribution in [2.75, 3.05) is 6.61 Å². The Kier molecular flexibility index (Phi) is 8.59. The average molecular weight is 498 g/mol. The smallest absolute Gasteiger partial charge is 0.332 e. The molecule has 1 aromatic heterocycles. The number of aromatic nitrogens is 2. The van der Waals surface area contributed by atoms with Gasteiger partial charge >= 0.3 is 11.6 Å². The van der Waals surface area contributed by atoms with Crippen molar-refractivity contribution in [2.45, 2.75) is 75.6 Å². The normalized spacial score (nSPS) is 27.4. The van der Waals surface area contributed by atoms with Crippen molar-refractivity contribution in [3.8, 4) is 11.1 Å². The molecule has 12 heteroatoms. The first-order valence-electron chi connectivity index (χ1n) is 11.6. The second kappa shape index (κ2) is 11.1. The van der Waals surface area contributed by atoms with Crippen molar-refractivity contribution in [1.82, 2.24) is 14.6 Å². The van der Waals surface area contributed by atoms with Crippen LogP contribution in [0.1, 0.15) is 45.4 Å². The number of rotatable bonds is 11. The van der Waals surface area contributed by atoms with E-state index in [-0.39, 0.29) is 17.0 Å². The highest BCUT2D eigenvalue weighted by molar-refractivity contribution is 5.61. The van der Waals surface area contributed by atoms with Gasteiger partial charge in [0.1, 0.15) is 12.2 Å². The summed E-state index contributed by atoms with van der Waals surface area (Å²) in [6, 6.07) is 8.03. The molecule has 0 spiro atoms. The lowest BCUT2D eigenvalue weighted by atomic mass is 9.99. The number of nitrogens with one attached hydrogen (secondary N) is 1. The SMILES string of the molecule is CCCCCCCC(F)N(O)[C@@]1(O)[C@H](O)[C@@H](CO)O[C@]1(O)n1cc(-c2ccccc2)c(=O)[nH]c1=O. The van der Waals surface area contributed by atoms with E-state index in [0.717, 1.165) is 25.5 Å². The van der Waals surface area contributed by atoms with Crippen LogP contribution < -0.4 is 11.2 Å². The summed E-state index contributed by atoms with van der Waals surface area (Å²) in [4.78, 5) is 27.1. The van der Waals surface area contributed by atoms with Gasteiger partial charge in [0.25, 0.3) is 5.56 Å². The minimum Gasteiger partial charge on any atom is -0.394 e. The summed E-state index contributed by atoms with van der Waals surface area (Å²) in [5.74, 6) is -3.30. The summed E-state index contributed by atoms with van der Waals surface area (Å²) in [6.45, 7) is 1.07. The Hall–Kier alpha value is -2.45. The fourth-order valence-corrected chi connectivity index (χ4v) is 4.24. The van der Waals surface area contributed by atoms with Crippen LogP contribution in [0.2, 0.25) is 0 Å². The fourth-order valence-electron chi connectivity index (χ4n) is 4.24. The van der Waals surface area contributed by atoms with E-state index in [1.807, 2.05) is 11.9 Å². The third-order valence-corrected chi connectivity index (χ3v) is 6.25. The Morgan fingerprint density at radius 1 is 1.17 bits per heavy atom. The standard InChI is InChI=1S/C23H32FN3O8/c1-2-3-4-5-9-12-18(24)27(34)22(32)19(29)17(14-28)35-23(22,33)26-13-16(20(30)25-21(26)31)15-10-7-6-8-11-15/h6-8,10-11,13,17-19,28-29,32-34H,2-5,9,12,14H2,1H3,(H,25,30,31)/t17-,18?,19-,22-,23+/m1/s1. The number of nitrogens with zero attached hydrogens (tertiary/aromatic N) is 2. The number of hydrogen-bond donors (Lipinski definition) is 6. The molecule has 0 bridgehead atoms. The largest absolute Gasteiger partial charge is 0.394 e. The lowest BCUT2D eigenvalue weighted by Gasteiger charge is -2.43. The summed E-state index contributed by atoms with van der Waals surface area (Å²) in [5.41, 5.74) is -5.21. The van der Waals surface area contributed by atoms with Gasteiger partial charge in [0.05, 0.1) is 12.2 Å². The topological polar surface area (TPSA) is 168 Å². The molecule has 11 nitrogen and oxygen atoms in total. The number of hydrogen-bond acceptors (Lipinski definition) is 9. The van der Waals surface area contributed by atoms with Gasteiger partial charge in [-0.25, -0.2) is 13.8 Å². The number of halogens is 1. The number of aliphatic hydroxyl groups excluding tert-OH is 2. The number of hydroxylamine groups is 2. The third-order valence-electron chi connectivity index (χ3n) is 6.25. The molecule has 2 heterocycles. The zero-order valence-electron chi connectivity index (χ0n) is 19.4. The molecule has 1 unspecified atom stereocenters. The van der Waals surface area contributed by atoms with Gasteiger partial charge in [-0.3, -0.25) is 9.78 Å². The van der Waals surface area contributed by atoms with E-state index in [0.29, 0.717) is 23.0 Å². The van der Waals surface area contributed by atoms with Crippen LogP contribution in [0.15, 0.2) is 46.1 Å². The highest BCUT2D eigenvalue weighted by atomic mass is 19.1. The molecular formula is C23H32FN3O8. The van der Waals surface area contributed by atoms with Crippen LogP contribution in [0.3, 0.4) is 0 Å². The maximum Gasteiger partial charge on any atom is 0.332 e. The number of aromatic amines is 1. The lowest BCUT2D eigenvalue weighted by Crippen LogP contribution is -2.69. The molecule has 0 amide bonds. The van der Waals surface area contributed by atoms with Crippen LogP contribution in [0.4, 0.5) is 4.39 Å². The summed E-state index contributed by atoms with van der Waals surface area (Å²) in [5, 5.41) is 53.3. The van der Waals surface area contributed by atoms with Crippen molar-refractivity contribution in [1.29, 1.82) is 0 Å². The first kappa shape index (κ1) is 27.1. The Labute approximate surface area is 200 Å². The maximum atomic E-state index is 15.0. The number of H-pyrrole nitrogens is 1. The fraction of sp³-hybridized carbons (Fsp3) is 0.565. The van der Waals surface area contributed by atoms with Crippen LogP contribution >= 0.6 is 0 Å². The molecular weight excluding hydrogens is 465 g/mol. The van der Waals surface area contributed by atoms with Gasteiger partial charge in [-0.05, 0) is 18.4 Å². The first-order valence-corrected chi connectivity index (χ1v) is 11.6. The Bertz CT molecular complexity index is 1100. The van der Waals surface area contributed by atoms with Crippen molar-refractivity contribution in [3.63, 3.8) is 0 Å². The summed E-state index contributed by atoms with van der Waals surface area (Å²) in [6.07, 6.45) is -1.87. The second-order valence-electron chi connectivity index (χ2n) is 8.64. The highest BCUT2D eigenvalue weighted by Crippen LogP contribution is 2.44. The first-order chi connectivity index (χ1) is 16.6. The van der Waals surface area contributed by atoms with E-state index < -0.39 is 48.0 Å². The van der Waals surface area contributed by atoms with E-state index in [1.54, 1.807) is 30.3 Å². The number of unbranched alkanes of at least 4 members (excludes halogenated alkanes) is 4. The monoisotopic (exact) mass is 497 g/mol. The molecule has 194 valence electrons. The van der Waals surface area contributed by atoms with Crippen LogP contribution in [-0.2, 0) is 10.6 Å². The summed E-state index contributed by atoms with van der Waals surface area (Å²) >= 11 is 0. The van der Waals surface area contributed by atoms with Gasteiger partial charge in [-0.15, -0.1) is 5.06 Å². The second-order valence-corrected chi connectivity index (χ2v) is 8.64. The van der Waals surface area contributed by atoms with Crippen molar-refractivity contribution >= 4 is 0 Å². The van der Waals surface area contributed by atoms with E-state index in [1.165, 1.54) is 0 Å². The van der Waals surface area contributed by atoms with E-state index in [4.69, 9.17) is 4.74 Å². The zero-order chi connectivity index (χ0) is 25.8. The Morgan fingerprint density at radius 2 is 1.83 bits per heavy atom. The molecule has 1 aliphatic heterocycles. The summed E-state index contributed by atoms with van der Waals surface area (Å²) in [7, 11) is 0. The molecule has 1 saturated heterocycles. The van der Waals surface area contributed by atoms with Gasteiger partial charge in [0.2, 0.25) is 5.72 Å². The summed E-state index contributed by atoms with van der Waals surface area (Å²) < 4.78 is 20.6. The molecule has 35 heavy (non-hydrogen) atoms.